The fourth-order valence-electron chi connectivity index (χ4n) is 1.94. The largest absolute Gasteiger partial charge is 0.326 e. The molecule has 3 N–H and O–H groups in total. The molecule has 0 radical (unpaired) electrons. The minimum absolute atomic E-state index is 0.116. The summed E-state index contributed by atoms with van der Waals surface area (Å²) in [7, 11) is 0. The molecule has 106 valence electrons. The molecule has 6 heteroatoms. The topological polar surface area (TPSA) is 94.8 Å². The van der Waals surface area contributed by atoms with Crippen molar-refractivity contribution in [3.63, 3.8) is 0 Å². The molecule has 20 heavy (non-hydrogen) atoms. The molecule has 0 unspecified atom stereocenters. The Morgan fingerprint density at radius 1 is 1.10 bits per heavy atom. The minimum Gasteiger partial charge on any atom is -0.326 e. The summed E-state index contributed by atoms with van der Waals surface area (Å²) in [6, 6.07) is 4.64. The predicted molar refractivity (Wildman–Crippen MR) is 77.9 cm³/mol. The van der Waals surface area contributed by atoms with Gasteiger partial charge in [0, 0.05) is 12.1 Å². The highest BCUT2D eigenvalue weighted by molar-refractivity contribution is 5.94. The van der Waals surface area contributed by atoms with Gasteiger partial charge in [0.1, 0.15) is 0 Å². The Morgan fingerprint density at radius 2 is 1.70 bits per heavy atom. The lowest BCUT2D eigenvalue weighted by atomic mass is 9.92. The van der Waals surface area contributed by atoms with E-state index in [1.54, 1.807) is 6.07 Å². The van der Waals surface area contributed by atoms with Gasteiger partial charge < -0.3 is 5.32 Å². The van der Waals surface area contributed by atoms with Crippen molar-refractivity contribution in [3.05, 3.63) is 38.9 Å². The summed E-state index contributed by atoms with van der Waals surface area (Å²) >= 11 is 0. The van der Waals surface area contributed by atoms with Crippen LogP contribution in [0.4, 0.5) is 5.69 Å². The lowest BCUT2D eigenvalue weighted by molar-refractivity contribution is -0.117. The van der Waals surface area contributed by atoms with E-state index in [2.05, 4.69) is 15.5 Å². The number of anilines is 1. The Labute approximate surface area is 115 Å². The maximum Gasteiger partial charge on any atom is 0.270 e. The zero-order chi connectivity index (χ0) is 14.9. The smallest absolute Gasteiger partial charge is 0.270 e. The van der Waals surface area contributed by atoms with Crippen LogP contribution in [-0.2, 0) is 4.79 Å². The minimum atomic E-state index is -0.397. The number of aromatic nitrogens is 2. The number of H-pyrrole nitrogens is 2. The highest BCUT2D eigenvalue weighted by atomic mass is 16.2. The van der Waals surface area contributed by atoms with Crippen molar-refractivity contribution in [3.8, 4) is 0 Å². The molecule has 1 aromatic carbocycles. The Hall–Kier alpha value is -2.37. The van der Waals surface area contributed by atoms with E-state index in [0.717, 1.165) is 0 Å². The van der Waals surface area contributed by atoms with Gasteiger partial charge in [0.15, 0.2) is 0 Å². The van der Waals surface area contributed by atoms with E-state index in [-0.39, 0.29) is 22.3 Å². The molecule has 0 saturated heterocycles. The molecule has 2 rings (SSSR count). The molecular weight excluding hydrogens is 258 g/mol. The van der Waals surface area contributed by atoms with E-state index in [0.29, 0.717) is 17.5 Å². The Bertz CT molecular complexity index is 766. The predicted octanol–water partition coefficient (Wildman–Crippen LogP) is 1.59. The van der Waals surface area contributed by atoms with Crippen LogP contribution in [0, 0.1) is 5.41 Å². The van der Waals surface area contributed by atoms with E-state index in [4.69, 9.17) is 0 Å². The first-order valence-corrected chi connectivity index (χ1v) is 6.31. The fraction of sp³-hybridized carbons (Fsp3) is 0.357. The Balaban J connectivity index is 2.34. The zero-order valence-electron chi connectivity index (χ0n) is 11.7. The number of benzene rings is 1. The molecule has 0 saturated carbocycles. The summed E-state index contributed by atoms with van der Waals surface area (Å²) in [5.74, 6) is -0.127. The van der Waals surface area contributed by atoms with Crippen molar-refractivity contribution in [2.24, 2.45) is 5.41 Å². The summed E-state index contributed by atoms with van der Waals surface area (Å²) in [6.07, 6.45) is 0.372. The molecule has 0 spiro atoms. The summed E-state index contributed by atoms with van der Waals surface area (Å²) in [5.41, 5.74) is -0.378. The van der Waals surface area contributed by atoms with Crippen LogP contribution in [0.25, 0.3) is 10.8 Å². The standard InChI is InChI=1S/C14H17N3O3/c1-14(2,3)7-11(18)15-8-4-5-9-10(6-8)13(20)17-16-12(9)19/h4-6H,7H2,1-3H3,(H,15,18)(H,16,19)(H,17,20). The Kier molecular flexibility index (Phi) is 3.48. The number of amides is 1. The number of carbonyl (C=O) groups is 1. The molecule has 0 aliphatic carbocycles. The molecule has 2 aromatic rings. The lowest BCUT2D eigenvalue weighted by Crippen LogP contribution is -2.21. The van der Waals surface area contributed by atoms with Crippen LogP contribution in [0.15, 0.2) is 27.8 Å². The average molecular weight is 275 g/mol. The van der Waals surface area contributed by atoms with Crippen molar-refractivity contribution in [2.45, 2.75) is 27.2 Å². The summed E-state index contributed by atoms with van der Waals surface area (Å²) in [5, 5.41) is 7.79. The van der Waals surface area contributed by atoms with E-state index >= 15 is 0 Å². The van der Waals surface area contributed by atoms with Crippen LogP contribution >= 0.6 is 0 Å². The van der Waals surface area contributed by atoms with Crippen LogP contribution < -0.4 is 16.4 Å². The number of aromatic amines is 2. The van der Waals surface area contributed by atoms with Gasteiger partial charge in [-0.15, -0.1) is 0 Å². The number of fused-ring (bicyclic) bond motifs is 1. The number of nitrogens with one attached hydrogen (secondary N) is 3. The summed E-state index contributed by atoms with van der Waals surface area (Å²) in [4.78, 5) is 35.0. The van der Waals surface area contributed by atoms with E-state index in [9.17, 15) is 14.4 Å². The third-order valence-corrected chi connectivity index (χ3v) is 2.77. The molecule has 0 bridgehead atoms. The molecule has 1 heterocycles. The first-order valence-electron chi connectivity index (χ1n) is 6.31. The maximum atomic E-state index is 11.9. The van der Waals surface area contributed by atoms with Gasteiger partial charge in [0.25, 0.3) is 11.1 Å². The van der Waals surface area contributed by atoms with Crippen molar-refractivity contribution in [1.82, 2.24) is 10.2 Å². The second kappa shape index (κ2) is 4.96. The fourth-order valence-corrected chi connectivity index (χ4v) is 1.94. The van der Waals surface area contributed by atoms with Crippen LogP contribution in [-0.4, -0.2) is 16.1 Å². The van der Waals surface area contributed by atoms with Crippen molar-refractivity contribution >= 4 is 22.4 Å². The van der Waals surface area contributed by atoms with Crippen molar-refractivity contribution < 1.29 is 4.79 Å². The monoisotopic (exact) mass is 275 g/mol. The number of carbonyl (C=O) groups excluding carboxylic acids is 1. The molecule has 0 aliphatic heterocycles. The molecule has 1 aromatic heterocycles. The van der Waals surface area contributed by atoms with Gasteiger partial charge in [-0.05, 0) is 23.6 Å². The lowest BCUT2D eigenvalue weighted by Gasteiger charge is -2.17. The highest BCUT2D eigenvalue weighted by Gasteiger charge is 2.16. The van der Waals surface area contributed by atoms with Gasteiger partial charge in [-0.25, -0.2) is 0 Å². The van der Waals surface area contributed by atoms with Gasteiger partial charge in [-0.3, -0.25) is 24.6 Å². The third kappa shape index (κ3) is 3.14. The normalized spacial score (nSPS) is 11.6. The average Bonchev–Trinajstić information content (AvgIpc) is 2.31. The van der Waals surface area contributed by atoms with E-state index < -0.39 is 5.56 Å². The quantitative estimate of drug-likeness (QED) is 0.776. The molecule has 0 atom stereocenters. The molecule has 0 aliphatic rings. The Morgan fingerprint density at radius 3 is 2.30 bits per heavy atom. The van der Waals surface area contributed by atoms with Crippen molar-refractivity contribution in [2.75, 3.05) is 5.32 Å². The van der Waals surface area contributed by atoms with Crippen LogP contribution in [0.5, 0.6) is 0 Å². The van der Waals surface area contributed by atoms with Crippen LogP contribution in [0.1, 0.15) is 27.2 Å². The van der Waals surface area contributed by atoms with Gasteiger partial charge in [0.2, 0.25) is 5.91 Å². The second-order valence-corrected chi connectivity index (χ2v) is 5.95. The van der Waals surface area contributed by atoms with Crippen LogP contribution in [0.3, 0.4) is 0 Å². The van der Waals surface area contributed by atoms with E-state index in [1.165, 1.54) is 12.1 Å². The van der Waals surface area contributed by atoms with Gasteiger partial charge >= 0.3 is 0 Å². The first-order chi connectivity index (χ1) is 9.26. The van der Waals surface area contributed by atoms with Crippen LogP contribution in [0.2, 0.25) is 0 Å². The SMILES string of the molecule is CC(C)(C)CC(=O)Nc1ccc2c(=O)[nH][nH]c(=O)c2c1. The summed E-state index contributed by atoms with van der Waals surface area (Å²) in [6.45, 7) is 5.91. The van der Waals surface area contributed by atoms with Gasteiger partial charge in [0.05, 0.1) is 10.8 Å². The third-order valence-electron chi connectivity index (χ3n) is 2.77. The molecule has 1 amide bonds. The maximum absolute atomic E-state index is 11.9. The van der Waals surface area contributed by atoms with Gasteiger partial charge in [-0.1, -0.05) is 20.8 Å². The van der Waals surface area contributed by atoms with Gasteiger partial charge in [-0.2, -0.15) is 0 Å². The summed E-state index contributed by atoms with van der Waals surface area (Å²) < 4.78 is 0. The molecular formula is C14H17N3O3. The number of hydrogen-bond acceptors (Lipinski definition) is 3. The molecule has 6 nitrogen and oxygen atoms in total. The first kappa shape index (κ1) is 14.0. The second-order valence-electron chi connectivity index (χ2n) is 5.95. The van der Waals surface area contributed by atoms with E-state index in [1.807, 2.05) is 20.8 Å². The highest BCUT2D eigenvalue weighted by Crippen LogP contribution is 2.20. The molecule has 0 fully saturated rings. The number of rotatable bonds is 2. The zero-order valence-corrected chi connectivity index (χ0v) is 11.7. The van der Waals surface area contributed by atoms with Crippen molar-refractivity contribution in [1.29, 1.82) is 0 Å². The number of hydrogen-bond donors (Lipinski definition) is 3.